The van der Waals surface area contributed by atoms with Crippen LogP contribution in [-0.2, 0) is 0 Å². The highest BCUT2D eigenvalue weighted by Gasteiger charge is 2.17. The van der Waals surface area contributed by atoms with Crippen LogP contribution in [-0.4, -0.2) is 16.2 Å². The summed E-state index contributed by atoms with van der Waals surface area (Å²) >= 11 is 4.93. The molecule has 2 aromatic carbocycles. The number of thiazole rings is 1. The normalized spacial score (nSPS) is 14.0. The molecule has 0 aliphatic carbocycles. The van der Waals surface area contributed by atoms with Crippen molar-refractivity contribution in [1.82, 2.24) is 9.38 Å². The van der Waals surface area contributed by atoms with Crippen molar-refractivity contribution < 1.29 is 9.47 Å². The van der Waals surface area contributed by atoms with E-state index in [1.165, 1.54) is 11.3 Å². The number of halogens is 1. The topological polar surface area (TPSA) is 52.8 Å². The minimum absolute atomic E-state index is 0.0536. The molecular formula is C19H13BrN2O3S. The van der Waals surface area contributed by atoms with Crippen molar-refractivity contribution in [2.45, 2.75) is 13.8 Å². The standard InChI is InChI=1S/C19H13BrN2O3S/c1-9-3-10(2)17-13(4-9)22-18(23)16(26-19(22)21-17)6-11-5-14-15(7-12(11)20)25-8-24-14/h3-7H,8H2,1-2H3. The smallest absolute Gasteiger partial charge is 0.274 e. The number of nitrogens with zero attached hydrogens (tertiary/aromatic N) is 2. The van der Waals surface area contributed by atoms with Crippen LogP contribution >= 0.6 is 27.3 Å². The predicted molar refractivity (Wildman–Crippen MR) is 105 cm³/mol. The van der Waals surface area contributed by atoms with Crippen LogP contribution in [0.15, 0.2) is 33.5 Å². The maximum Gasteiger partial charge on any atom is 0.274 e. The van der Waals surface area contributed by atoms with Gasteiger partial charge in [-0.3, -0.25) is 4.79 Å². The maximum atomic E-state index is 13.0. The van der Waals surface area contributed by atoms with E-state index in [0.29, 0.717) is 21.0 Å². The Morgan fingerprint density at radius 2 is 1.96 bits per heavy atom. The van der Waals surface area contributed by atoms with Gasteiger partial charge >= 0.3 is 0 Å². The molecule has 0 saturated heterocycles. The Balaban J connectivity index is 1.77. The van der Waals surface area contributed by atoms with Gasteiger partial charge in [0.05, 0.1) is 15.6 Å². The van der Waals surface area contributed by atoms with E-state index in [9.17, 15) is 4.79 Å². The van der Waals surface area contributed by atoms with Crippen LogP contribution in [0.25, 0.3) is 22.1 Å². The van der Waals surface area contributed by atoms with Gasteiger partial charge in [0.25, 0.3) is 5.56 Å². The molecule has 1 aliphatic heterocycles. The van der Waals surface area contributed by atoms with Gasteiger partial charge < -0.3 is 9.47 Å². The zero-order valence-corrected chi connectivity index (χ0v) is 16.4. The first-order valence-corrected chi connectivity index (χ1v) is 9.65. The van der Waals surface area contributed by atoms with Crippen LogP contribution in [0.1, 0.15) is 16.7 Å². The van der Waals surface area contributed by atoms with Crippen molar-refractivity contribution in [1.29, 1.82) is 0 Å². The molecule has 5 rings (SSSR count). The fourth-order valence-electron chi connectivity index (χ4n) is 3.30. The molecule has 130 valence electrons. The lowest BCUT2D eigenvalue weighted by molar-refractivity contribution is 0.174. The number of hydrogen-bond acceptors (Lipinski definition) is 5. The number of aryl methyl sites for hydroxylation is 2. The number of aromatic nitrogens is 2. The summed E-state index contributed by atoms with van der Waals surface area (Å²) in [6, 6.07) is 7.83. The van der Waals surface area contributed by atoms with Gasteiger partial charge in [-0.1, -0.05) is 33.3 Å². The van der Waals surface area contributed by atoms with Crippen LogP contribution in [0, 0.1) is 13.8 Å². The Kier molecular flexibility index (Phi) is 3.39. The van der Waals surface area contributed by atoms with Crippen LogP contribution in [0.5, 0.6) is 11.5 Å². The number of benzene rings is 2. The monoisotopic (exact) mass is 428 g/mol. The van der Waals surface area contributed by atoms with Gasteiger partial charge in [-0.25, -0.2) is 9.38 Å². The first kappa shape index (κ1) is 15.8. The largest absolute Gasteiger partial charge is 0.454 e. The molecule has 0 saturated carbocycles. The van der Waals surface area contributed by atoms with E-state index in [1.54, 1.807) is 4.40 Å². The molecule has 4 aromatic rings. The van der Waals surface area contributed by atoms with Crippen LogP contribution < -0.4 is 19.6 Å². The highest BCUT2D eigenvalue weighted by Crippen LogP contribution is 2.37. The van der Waals surface area contributed by atoms with Crippen molar-refractivity contribution >= 4 is 49.3 Å². The van der Waals surface area contributed by atoms with E-state index in [0.717, 1.165) is 32.2 Å². The fourth-order valence-corrected chi connectivity index (χ4v) is 4.70. The molecule has 0 bridgehead atoms. The molecule has 0 unspecified atom stereocenters. The zero-order valence-electron chi connectivity index (χ0n) is 14.0. The lowest BCUT2D eigenvalue weighted by Gasteiger charge is -2.01. The van der Waals surface area contributed by atoms with Gasteiger partial charge in [0.2, 0.25) is 6.79 Å². The third kappa shape index (κ3) is 2.27. The fraction of sp³-hybridized carbons (Fsp3) is 0.158. The van der Waals surface area contributed by atoms with E-state index in [4.69, 9.17) is 9.47 Å². The predicted octanol–water partition coefficient (Wildman–Crippen LogP) is 3.56. The highest BCUT2D eigenvalue weighted by molar-refractivity contribution is 9.10. The van der Waals surface area contributed by atoms with Crippen LogP contribution in [0.3, 0.4) is 0 Å². The summed E-state index contributed by atoms with van der Waals surface area (Å²) < 4.78 is 14.0. The average Bonchev–Trinajstić information content (AvgIpc) is 3.24. The van der Waals surface area contributed by atoms with E-state index in [-0.39, 0.29) is 12.4 Å². The summed E-state index contributed by atoms with van der Waals surface area (Å²) in [5, 5.41) is 0. The summed E-state index contributed by atoms with van der Waals surface area (Å²) in [7, 11) is 0. The number of hydrogen-bond donors (Lipinski definition) is 0. The van der Waals surface area contributed by atoms with Gasteiger partial charge in [0.1, 0.15) is 0 Å². The molecule has 2 aromatic heterocycles. The summed E-state index contributed by atoms with van der Waals surface area (Å²) in [6.45, 7) is 4.27. The summed E-state index contributed by atoms with van der Waals surface area (Å²) in [4.78, 5) is 18.4. The molecule has 7 heteroatoms. The van der Waals surface area contributed by atoms with Crippen molar-refractivity contribution in [3.05, 3.63) is 60.3 Å². The van der Waals surface area contributed by atoms with Crippen molar-refractivity contribution in [2.75, 3.05) is 6.79 Å². The van der Waals surface area contributed by atoms with Gasteiger partial charge in [0, 0.05) is 4.47 Å². The SMILES string of the molecule is Cc1cc(C)c2nc3sc(=Cc4cc5c(cc4Br)OCO5)c(=O)n3c2c1. The molecule has 0 fully saturated rings. The van der Waals surface area contributed by atoms with Crippen LogP contribution in [0.4, 0.5) is 0 Å². The minimum atomic E-state index is -0.0536. The first-order valence-electron chi connectivity index (χ1n) is 8.04. The molecule has 1 aliphatic rings. The van der Waals surface area contributed by atoms with Crippen molar-refractivity contribution in [2.24, 2.45) is 0 Å². The molecule has 26 heavy (non-hydrogen) atoms. The van der Waals surface area contributed by atoms with Crippen molar-refractivity contribution in [3.8, 4) is 11.5 Å². The quantitative estimate of drug-likeness (QED) is 0.465. The molecule has 0 atom stereocenters. The van der Waals surface area contributed by atoms with Gasteiger partial charge in [-0.05, 0) is 54.8 Å². The lowest BCUT2D eigenvalue weighted by Crippen LogP contribution is -2.22. The summed E-state index contributed by atoms with van der Waals surface area (Å²) in [5.74, 6) is 1.39. The first-order chi connectivity index (χ1) is 12.5. The number of rotatable bonds is 1. The Hall–Kier alpha value is -2.38. The maximum absolute atomic E-state index is 13.0. The van der Waals surface area contributed by atoms with E-state index >= 15 is 0 Å². The third-order valence-electron chi connectivity index (χ3n) is 4.46. The summed E-state index contributed by atoms with van der Waals surface area (Å²) in [5.41, 5.74) is 4.76. The Bertz CT molecular complexity index is 1320. The summed E-state index contributed by atoms with van der Waals surface area (Å²) in [6.07, 6.45) is 1.86. The minimum Gasteiger partial charge on any atom is -0.454 e. The van der Waals surface area contributed by atoms with Gasteiger partial charge in [-0.2, -0.15) is 0 Å². The Morgan fingerprint density at radius 3 is 2.77 bits per heavy atom. The second-order valence-corrected chi connectivity index (χ2v) is 8.19. The molecule has 0 amide bonds. The lowest BCUT2D eigenvalue weighted by atomic mass is 10.1. The van der Waals surface area contributed by atoms with E-state index in [2.05, 4.69) is 27.0 Å². The molecule has 3 heterocycles. The molecule has 5 nitrogen and oxygen atoms in total. The molecule has 0 radical (unpaired) electrons. The average molecular weight is 429 g/mol. The van der Waals surface area contributed by atoms with Gasteiger partial charge in [0.15, 0.2) is 16.5 Å². The molecular weight excluding hydrogens is 416 g/mol. The third-order valence-corrected chi connectivity index (χ3v) is 6.11. The van der Waals surface area contributed by atoms with E-state index in [1.807, 2.05) is 38.1 Å². The number of ether oxygens (including phenoxy) is 2. The van der Waals surface area contributed by atoms with Gasteiger partial charge in [-0.15, -0.1) is 0 Å². The molecule has 0 spiro atoms. The Labute approximate surface area is 160 Å². The number of fused-ring (bicyclic) bond motifs is 4. The highest BCUT2D eigenvalue weighted by atomic mass is 79.9. The second-order valence-electron chi connectivity index (χ2n) is 6.32. The van der Waals surface area contributed by atoms with Crippen molar-refractivity contribution in [3.63, 3.8) is 0 Å². The number of imidazole rings is 1. The second kappa shape index (κ2) is 5.56. The molecule has 0 N–H and O–H groups in total. The van der Waals surface area contributed by atoms with Crippen LogP contribution in [0.2, 0.25) is 0 Å². The Morgan fingerprint density at radius 1 is 1.19 bits per heavy atom. The zero-order chi connectivity index (χ0) is 18.0. The van der Waals surface area contributed by atoms with E-state index < -0.39 is 0 Å².